The van der Waals surface area contributed by atoms with Gasteiger partial charge in [-0.25, -0.2) is 24.3 Å². The van der Waals surface area contributed by atoms with E-state index in [0.717, 1.165) is 36.8 Å². The maximum Gasteiger partial charge on any atom is 2.00 e. The number of aryl methyl sites for hydroxylation is 8. The summed E-state index contributed by atoms with van der Waals surface area (Å²) in [4.78, 5) is 0. The van der Waals surface area contributed by atoms with Crippen molar-refractivity contribution in [3.8, 4) is 11.5 Å². The molecule has 0 spiro atoms. The average molecular weight is 578 g/mol. The van der Waals surface area contributed by atoms with Gasteiger partial charge in [0.25, 0.3) is 0 Å². The minimum atomic E-state index is 0. The van der Waals surface area contributed by atoms with E-state index < -0.39 is 0 Å². The van der Waals surface area contributed by atoms with E-state index >= 15 is 0 Å². The van der Waals surface area contributed by atoms with Gasteiger partial charge in [-0.05, 0) is 60.1 Å². The summed E-state index contributed by atoms with van der Waals surface area (Å²) in [5.41, 5.74) is 10.0. The zero-order valence-electron chi connectivity index (χ0n) is 24.2. The van der Waals surface area contributed by atoms with Gasteiger partial charge >= 0.3 is 26.2 Å². The molecule has 0 bridgehead atoms. The summed E-state index contributed by atoms with van der Waals surface area (Å²) in [6.45, 7) is 16.7. The molecule has 4 rings (SSSR count). The number of rotatable bonds is 4. The van der Waals surface area contributed by atoms with Crippen LogP contribution in [0.4, 0.5) is 0 Å². The fourth-order valence-electron chi connectivity index (χ4n) is 3.46. The first-order valence-corrected chi connectivity index (χ1v) is 13.2. The quantitative estimate of drug-likeness (QED) is 0.238. The third-order valence-electron chi connectivity index (χ3n) is 6.51. The van der Waals surface area contributed by atoms with Crippen LogP contribution >= 0.6 is 0 Å². The normalized spacial score (nSPS) is 9.51. The van der Waals surface area contributed by atoms with Gasteiger partial charge in [-0.2, -0.15) is 34.4 Å². The molecule has 0 aromatic heterocycles. The van der Waals surface area contributed by atoms with Gasteiger partial charge in [0.1, 0.15) is 11.5 Å². The molecule has 0 saturated carbocycles. The second kappa shape index (κ2) is 18.8. The Balaban J connectivity index is 0.000000473. The van der Waals surface area contributed by atoms with Crippen molar-refractivity contribution in [3.05, 3.63) is 117 Å². The van der Waals surface area contributed by atoms with Crippen molar-refractivity contribution < 1.29 is 36.4 Å². The van der Waals surface area contributed by atoms with Crippen LogP contribution in [0.25, 0.3) is 0 Å². The maximum atomic E-state index is 9.42. The van der Waals surface area contributed by atoms with Crippen LogP contribution in [-0.4, -0.2) is 10.2 Å². The van der Waals surface area contributed by atoms with Crippen molar-refractivity contribution in [2.24, 2.45) is 0 Å². The van der Waals surface area contributed by atoms with Gasteiger partial charge in [0.2, 0.25) is 0 Å². The van der Waals surface area contributed by atoms with Gasteiger partial charge in [0.15, 0.2) is 0 Å². The molecule has 198 valence electrons. The standard InChI is InChI=1S/2C10H14O.2C7H9.Zr/c2*1-3-8-5-6-9(4-2)10(11)7-8;2*1-6-4-3-5-7(6)2;/h2*5-7,11H,3-4H2,1-2H3;2*3-5H,1-2H3;/q;;2*-1;+2. The molecule has 0 radical (unpaired) electrons. The Morgan fingerprint density at radius 3 is 1.08 bits per heavy atom. The minimum absolute atomic E-state index is 0. The van der Waals surface area contributed by atoms with Crippen LogP contribution in [0.5, 0.6) is 11.5 Å². The fraction of sp³-hybridized carbons (Fsp3) is 0.353. The topological polar surface area (TPSA) is 40.5 Å². The van der Waals surface area contributed by atoms with Gasteiger partial charge in [-0.1, -0.05) is 79.7 Å². The van der Waals surface area contributed by atoms with Crippen LogP contribution in [0.15, 0.2) is 72.8 Å². The molecule has 37 heavy (non-hydrogen) atoms. The first-order chi connectivity index (χ1) is 17.2. The van der Waals surface area contributed by atoms with Crippen LogP contribution in [0.2, 0.25) is 0 Å². The van der Waals surface area contributed by atoms with E-state index in [2.05, 4.69) is 90.1 Å². The van der Waals surface area contributed by atoms with Gasteiger partial charge in [0.05, 0.1) is 0 Å². The Hall–Kier alpha value is -2.38. The molecule has 0 heterocycles. The molecule has 2 nitrogen and oxygen atoms in total. The molecular weight excluding hydrogens is 532 g/mol. The van der Waals surface area contributed by atoms with E-state index in [4.69, 9.17) is 0 Å². The molecule has 0 aliphatic rings. The molecular formula is C34H46O2Zr. The molecule has 4 aromatic rings. The Bertz CT molecular complexity index is 1030. The number of benzene rings is 2. The van der Waals surface area contributed by atoms with Crippen molar-refractivity contribution in [2.75, 3.05) is 0 Å². The van der Waals surface area contributed by atoms with Gasteiger partial charge in [-0.3, -0.25) is 0 Å². The zero-order valence-corrected chi connectivity index (χ0v) is 26.6. The van der Waals surface area contributed by atoms with Gasteiger partial charge in [0, 0.05) is 0 Å². The first kappa shape index (κ1) is 34.6. The Morgan fingerprint density at radius 2 is 0.919 bits per heavy atom. The first-order valence-electron chi connectivity index (χ1n) is 13.2. The molecule has 0 fully saturated rings. The average Bonchev–Trinajstić information content (AvgIpc) is 3.45. The van der Waals surface area contributed by atoms with Crippen LogP contribution in [-0.2, 0) is 51.9 Å². The number of hydrogen-bond acceptors (Lipinski definition) is 2. The predicted molar refractivity (Wildman–Crippen MR) is 157 cm³/mol. The van der Waals surface area contributed by atoms with Gasteiger partial charge < -0.3 is 10.2 Å². The summed E-state index contributed by atoms with van der Waals surface area (Å²) in [6.07, 6.45) is 3.76. The largest absolute Gasteiger partial charge is 2.00 e. The van der Waals surface area contributed by atoms with Crippen molar-refractivity contribution in [3.63, 3.8) is 0 Å². The summed E-state index contributed by atoms with van der Waals surface area (Å²) < 4.78 is 0. The molecule has 0 atom stereocenters. The Morgan fingerprint density at radius 1 is 0.568 bits per heavy atom. The molecule has 0 saturated heterocycles. The summed E-state index contributed by atoms with van der Waals surface area (Å²) in [5, 5.41) is 18.8. The fourth-order valence-corrected chi connectivity index (χ4v) is 3.46. The van der Waals surface area contributed by atoms with Crippen LogP contribution in [0.3, 0.4) is 0 Å². The maximum absolute atomic E-state index is 9.42. The second-order valence-electron chi connectivity index (χ2n) is 9.12. The minimum Gasteiger partial charge on any atom is -0.508 e. The summed E-state index contributed by atoms with van der Waals surface area (Å²) in [5.74, 6) is 0.874. The van der Waals surface area contributed by atoms with Crippen molar-refractivity contribution >= 4 is 0 Å². The van der Waals surface area contributed by atoms with Crippen LogP contribution in [0, 0.1) is 27.7 Å². The number of phenolic OH excluding ortho intramolecular Hbond substituents is 2. The van der Waals surface area contributed by atoms with E-state index in [1.54, 1.807) is 0 Å². The molecule has 0 aliphatic heterocycles. The van der Waals surface area contributed by atoms with E-state index in [-0.39, 0.29) is 26.2 Å². The molecule has 3 heteroatoms. The predicted octanol–water partition coefficient (Wildman–Crippen LogP) is 9.08. The summed E-state index contributed by atoms with van der Waals surface area (Å²) in [7, 11) is 0. The van der Waals surface area contributed by atoms with E-state index in [1.807, 2.05) is 38.1 Å². The number of aromatic hydroxyl groups is 2. The van der Waals surface area contributed by atoms with Crippen LogP contribution < -0.4 is 0 Å². The SMILES string of the molecule is CCc1ccc(CC)c(O)c1.CCc1ccc(CC)c(O)c1.Cc1ccc[c-]1C.Cc1ccc[c-]1C.[Zr+2]. The van der Waals surface area contributed by atoms with Crippen LogP contribution in [0.1, 0.15) is 72.2 Å². The van der Waals surface area contributed by atoms with Crippen molar-refractivity contribution in [1.82, 2.24) is 0 Å². The summed E-state index contributed by atoms with van der Waals surface area (Å²) in [6, 6.07) is 24.4. The summed E-state index contributed by atoms with van der Waals surface area (Å²) >= 11 is 0. The smallest absolute Gasteiger partial charge is 0.508 e. The molecule has 0 aliphatic carbocycles. The molecule has 0 amide bonds. The number of hydrogen-bond donors (Lipinski definition) is 2. The van der Waals surface area contributed by atoms with E-state index in [1.165, 1.54) is 33.4 Å². The van der Waals surface area contributed by atoms with Gasteiger partial charge in [-0.15, -0.1) is 0 Å². The van der Waals surface area contributed by atoms with Crippen molar-refractivity contribution in [2.45, 2.75) is 81.1 Å². The van der Waals surface area contributed by atoms with E-state index in [9.17, 15) is 10.2 Å². The Kier molecular flexibility index (Phi) is 17.6. The van der Waals surface area contributed by atoms with Crippen molar-refractivity contribution in [1.29, 1.82) is 0 Å². The third-order valence-corrected chi connectivity index (χ3v) is 6.51. The molecule has 0 unspecified atom stereocenters. The zero-order chi connectivity index (χ0) is 27.1. The monoisotopic (exact) mass is 576 g/mol. The Labute approximate surface area is 245 Å². The van der Waals surface area contributed by atoms with E-state index in [0.29, 0.717) is 11.5 Å². The third kappa shape index (κ3) is 12.6. The number of phenols is 2. The second-order valence-corrected chi connectivity index (χ2v) is 9.12. The molecule has 4 aromatic carbocycles. The molecule has 2 N–H and O–H groups in total.